The molecule has 0 fully saturated rings. The first-order valence-electron chi connectivity index (χ1n) is 8.07. The monoisotopic (exact) mass is 280 g/mol. The van der Waals surface area contributed by atoms with E-state index in [1.54, 1.807) is 0 Å². The number of ether oxygens (including phenoxy) is 1. The van der Waals surface area contributed by atoms with Gasteiger partial charge in [0.15, 0.2) is 5.78 Å². The fraction of sp³-hybridized carbons (Fsp3) is 0.765. The predicted molar refractivity (Wildman–Crippen MR) is 80.5 cm³/mol. The molecule has 0 amide bonds. The van der Waals surface area contributed by atoms with Crippen LogP contribution in [0.3, 0.4) is 0 Å². The van der Waals surface area contributed by atoms with E-state index in [0.717, 1.165) is 25.7 Å². The van der Waals surface area contributed by atoms with Gasteiger partial charge in [-0.05, 0) is 38.7 Å². The third-order valence-electron chi connectivity index (χ3n) is 3.69. The molecule has 114 valence electrons. The van der Waals surface area contributed by atoms with E-state index in [-0.39, 0.29) is 18.3 Å². The molecule has 0 N–H and O–H groups in total. The number of hydrogen-bond acceptors (Lipinski definition) is 3. The summed E-state index contributed by atoms with van der Waals surface area (Å²) >= 11 is 0. The average molecular weight is 280 g/mol. The number of ketones is 1. The summed E-state index contributed by atoms with van der Waals surface area (Å²) in [5, 5.41) is 0. The third-order valence-corrected chi connectivity index (χ3v) is 3.69. The highest BCUT2D eigenvalue weighted by Gasteiger charge is 2.12. The molecule has 1 unspecified atom stereocenters. The van der Waals surface area contributed by atoms with Gasteiger partial charge in [-0.25, -0.2) is 0 Å². The van der Waals surface area contributed by atoms with Gasteiger partial charge < -0.3 is 4.74 Å². The quantitative estimate of drug-likeness (QED) is 0.489. The van der Waals surface area contributed by atoms with E-state index >= 15 is 0 Å². The summed E-state index contributed by atoms with van der Waals surface area (Å²) in [6.07, 6.45) is 14.9. The maximum Gasteiger partial charge on any atom is 0.313 e. The Bertz CT molecular complexity index is 320. The molecule has 1 atom stereocenters. The molecule has 1 aliphatic heterocycles. The minimum Gasteiger partial charge on any atom is -0.462 e. The van der Waals surface area contributed by atoms with Gasteiger partial charge in [0.1, 0.15) is 6.42 Å². The molecule has 1 heterocycles. The lowest BCUT2D eigenvalue weighted by atomic mass is 10.1. The van der Waals surface area contributed by atoms with Gasteiger partial charge in [-0.1, -0.05) is 44.6 Å². The summed E-state index contributed by atoms with van der Waals surface area (Å²) in [6, 6.07) is 0. The zero-order valence-electron chi connectivity index (χ0n) is 12.7. The molecule has 0 saturated heterocycles. The first kappa shape index (κ1) is 16.9. The largest absolute Gasteiger partial charge is 0.462 e. The fourth-order valence-corrected chi connectivity index (χ4v) is 2.50. The lowest BCUT2D eigenvalue weighted by molar-refractivity contribution is -0.149. The van der Waals surface area contributed by atoms with Gasteiger partial charge in [-0.15, -0.1) is 0 Å². The van der Waals surface area contributed by atoms with E-state index in [2.05, 4.69) is 0 Å². The number of allylic oxidation sites excluding steroid dienone is 2. The standard InChI is InChI=1S/C17H28O3/c1-15-12-10-8-6-4-2-3-5-7-9-11-13-16(18)14-17(19)20-15/h11,13,15H,2-10,12,14H2,1H3/b13-11+. The Morgan fingerprint density at radius 3 is 2.25 bits per heavy atom. The van der Waals surface area contributed by atoms with Gasteiger partial charge in [0.2, 0.25) is 0 Å². The lowest BCUT2D eigenvalue weighted by Crippen LogP contribution is -2.17. The van der Waals surface area contributed by atoms with Crippen molar-refractivity contribution in [3.63, 3.8) is 0 Å². The maximum atomic E-state index is 11.6. The number of carbonyl (C=O) groups is 2. The molecule has 0 bridgehead atoms. The van der Waals surface area contributed by atoms with Crippen LogP contribution in [-0.4, -0.2) is 17.9 Å². The molecular formula is C17H28O3. The van der Waals surface area contributed by atoms with Crippen molar-refractivity contribution in [2.75, 3.05) is 0 Å². The summed E-state index contributed by atoms with van der Waals surface area (Å²) in [5.74, 6) is -0.539. The molecule has 0 aromatic carbocycles. The molecule has 0 spiro atoms. The van der Waals surface area contributed by atoms with Gasteiger partial charge in [-0.2, -0.15) is 0 Å². The Kier molecular flexibility index (Phi) is 9.01. The fourth-order valence-electron chi connectivity index (χ4n) is 2.50. The second-order valence-corrected chi connectivity index (χ2v) is 5.75. The van der Waals surface area contributed by atoms with Gasteiger partial charge in [0.05, 0.1) is 6.10 Å². The Morgan fingerprint density at radius 1 is 0.950 bits per heavy atom. The van der Waals surface area contributed by atoms with Crippen LogP contribution in [0.5, 0.6) is 0 Å². The van der Waals surface area contributed by atoms with Crippen molar-refractivity contribution < 1.29 is 14.3 Å². The second-order valence-electron chi connectivity index (χ2n) is 5.75. The molecule has 20 heavy (non-hydrogen) atoms. The third kappa shape index (κ3) is 8.89. The highest BCUT2D eigenvalue weighted by Crippen LogP contribution is 2.13. The van der Waals surface area contributed by atoms with Crippen LogP contribution in [0.25, 0.3) is 0 Å². The Hall–Kier alpha value is -1.12. The zero-order chi connectivity index (χ0) is 14.6. The number of rotatable bonds is 0. The van der Waals surface area contributed by atoms with Gasteiger partial charge in [-0.3, -0.25) is 9.59 Å². The van der Waals surface area contributed by atoms with Crippen LogP contribution in [0.2, 0.25) is 0 Å². The highest BCUT2D eigenvalue weighted by molar-refractivity contribution is 6.01. The first-order valence-corrected chi connectivity index (χ1v) is 8.07. The molecule has 1 rings (SSSR count). The van der Waals surface area contributed by atoms with Crippen LogP contribution in [0.1, 0.15) is 77.6 Å². The van der Waals surface area contributed by atoms with Crippen LogP contribution >= 0.6 is 0 Å². The maximum absolute atomic E-state index is 11.6. The van der Waals surface area contributed by atoms with Crippen molar-refractivity contribution in [1.82, 2.24) is 0 Å². The average Bonchev–Trinajstić information content (AvgIpc) is 2.39. The zero-order valence-corrected chi connectivity index (χ0v) is 12.7. The van der Waals surface area contributed by atoms with Crippen molar-refractivity contribution >= 4 is 11.8 Å². The predicted octanol–water partition coefficient (Wildman–Crippen LogP) is 4.35. The van der Waals surface area contributed by atoms with Crippen molar-refractivity contribution in [2.24, 2.45) is 0 Å². The number of esters is 1. The van der Waals surface area contributed by atoms with E-state index in [1.165, 1.54) is 44.6 Å². The van der Waals surface area contributed by atoms with E-state index in [1.807, 2.05) is 13.0 Å². The molecule has 1 aliphatic rings. The number of cyclic esters (lactones) is 1. The van der Waals surface area contributed by atoms with Crippen LogP contribution in [-0.2, 0) is 14.3 Å². The number of carbonyl (C=O) groups excluding carboxylic acids is 2. The van der Waals surface area contributed by atoms with E-state index in [0.29, 0.717) is 0 Å². The summed E-state index contributed by atoms with van der Waals surface area (Å²) < 4.78 is 5.25. The minimum absolute atomic E-state index is 0.0741. The Balaban J connectivity index is 2.40. The van der Waals surface area contributed by atoms with Crippen molar-refractivity contribution in [3.05, 3.63) is 12.2 Å². The molecule has 3 nitrogen and oxygen atoms in total. The molecule has 3 heteroatoms. The topological polar surface area (TPSA) is 43.4 Å². The summed E-state index contributed by atoms with van der Waals surface area (Å²) in [5.41, 5.74) is 0. The van der Waals surface area contributed by atoms with E-state index in [4.69, 9.17) is 4.74 Å². The summed E-state index contributed by atoms with van der Waals surface area (Å²) in [6.45, 7) is 1.91. The normalized spacial score (nSPS) is 26.6. The lowest BCUT2D eigenvalue weighted by Gasteiger charge is -2.12. The number of hydrogen-bond donors (Lipinski definition) is 0. The molecule has 0 saturated carbocycles. The van der Waals surface area contributed by atoms with Crippen LogP contribution in [0.15, 0.2) is 12.2 Å². The molecule has 0 aromatic heterocycles. The molecular weight excluding hydrogens is 252 g/mol. The summed E-state index contributed by atoms with van der Waals surface area (Å²) in [7, 11) is 0. The minimum atomic E-state index is -0.392. The SMILES string of the molecule is CC1CCCCCCCCCC/C=C/C(=O)CC(=O)O1. The first-order chi connectivity index (χ1) is 9.68. The second kappa shape index (κ2) is 10.6. The Morgan fingerprint density at radius 2 is 1.55 bits per heavy atom. The molecule has 0 aromatic rings. The highest BCUT2D eigenvalue weighted by atomic mass is 16.5. The molecule has 0 aliphatic carbocycles. The van der Waals surface area contributed by atoms with Crippen molar-refractivity contribution in [1.29, 1.82) is 0 Å². The van der Waals surface area contributed by atoms with Gasteiger partial charge in [0.25, 0.3) is 0 Å². The van der Waals surface area contributed by atoms with Gasteiger partial charge >= 0.3 is 5.97 Å². The van der Waals surface area contributed by atoms with Crippen LogP contribution in [0.4, 0.5) is 0 Å². The summed E-state index contributed by atoms with van der Waals surface area (Å²) in [4.78, 5) is 23.1. The van der Waals surface area contributed by atoms with Gasteiger partial charge in [0, 0.05) is 0 Å². The molecule has 0 radical (unpaired) electrons. The van der Waals surface area contributed by atoms with E-state index in [9.17, 15) is 9.59 Å². The van der Waals surface area contributed by atoms with Crippen molar-refractivity contribution in [2.45, 2.75) is 83.7 Å². The van der Waals surface area contributed by atoms with Crippen molar-refractivity contribution in [3.8, 4) is 0 Å². The van der Waals surface area contributed by atoms with E-state index < -0.39 is 5.97 Å². The smallest absolute Gasteiger partial charge is 0.313 e. The Labute approximate surface area is 122 Å². The van der Waals surface area contributed by atoms with Crippen LogP contribution < -0.4 is 0 Å². The van der Waals surface area contributed by atoms with Crippen LogP contribution in [0, 0.1) is 0 Å².